The first-order chi connectivity index (χ1) is 7.16. The van der Waals surface area contributed by atoms with Crippen LogP contribution in [0.4, 0.5) is 4.39 Å². The van der Waals surface area contributed by atoms with Crippen LogP contribution in [0.2, 0.25) is 5.02 Å². The van der Waals surface area contributed by atoms with E-state index < -0.39 is 0 Å². The fourth-order valence-corrected chi connectivity index (χ4v) is 3.29. The van der Waals surface area contributed by atoms with Gasteiger partial charge in [0.05, 0.1) is 5.37 Å². The molecular formula is C11H13ClFNS. The number of hydrogen-bond donors (Lipinski definition) is 1. The molecule has 1 heterocycles. The predicted molar refractivity (Wildman–Crippen MR) is 63.8 cm³/mol. The molecule has 1 fully saturated rings. The SMILES string of the molecule is CC1CCNC(c2ccc(F)cc2Cl)S1. The van der Waals surface area contributed by atoms with Gasteiger partial charge in [0.25, 0.3) is 0 Å². The highest BCUT2D eigenvalue weighted by molar-refractivity contribution is 8.00. The van der Waals surface area contributed by atoms with Crippen molar-refractivity contribution in [2.24, 2.45) is 0 Å². The van der Waals surface area contributed by atoms with E-state index >= 15 is 0 Å². The highest BCUT2D eigenvalue weighted by atomic mass is 35.5. The molecule has 1 N–H and O–H groups in total. The maximum absolute atomic E-state index is 12.9. The fraction of sp³-hybridized carbons (Fsp3) is 0.455. The summed E-state index contributed by atoms with van der Waals surface area (Å²) in [7, 11) is 0. The van der Waals surface area contributed by atoms with Crippen molar-refractivity contribution in [1.82, 2.24) is 5.32 Å². The monoisotopic (exact) mass is 245 g/mol. The van der Waals surface area contributed by atoms with Crippen molar-refractivity contribution >= 4 is 23.4 Å². The topological polar surface area (TPSA) is 12.0 Å². The zero-order valence-corrected chi connectivity index (χ0v) is 10.0. The van der Waals surface area contributed by atoms with Gasteiger partial charge in [0.15, 0.2) is 0 Å². The minimum Gasteiger partial charge on any atom is -0.302 e. The summed E-state index contributed by atoms with van der Waals surface area (Å²) in [5.41, 5.74) is 0.981. The number of nitrogens with one attached hydrogen (secondary N) is 1. The Bertz CT molecular complexity index is 358. The first-order valence-electron chi connectivity index (χ1n) is 5.00. The minimum absolute atomic E-state index is 0.196. The first kappa shape index (κ1) is 11.2. The third-order valence-corrected chi connectivity index (χ3v) is 4.21. The quantitative estimate of drug-likeness (QED) is 0.812. The average molecular weight is 246 g/mol. The summed E-state index contributed by atoms with van der Waals surface area (Å²) in [6.07, 6.45) is 1.17. The third kappa shape index (κ3) is 2.65. The second kappa shape index (κ2) is 4.73. The Kier molecular flexibility index (Phi) is 3.54. The molecular weight excluding hydrogens is 233 g/mol. The molecule has 0 radical (unpaired) electrons. The van der Waals surface area contributed by atoms with Gasteiger partial charge >= 0.3 is 0 Å². The molecule has 0 spiro atoms. The van der Waals surface area contributed by atoms with Crippen LogP contribution in [0.3, 0.4) is 0 Å². The Morgan fingerprint density at radius 2 is 2.33 bits per heavy atom. The van der Waals surface area contributed by atoms with E-state index in [1.807, 2.05) is 11.8 Å². The maximum Gasteiger partial charge on any atom is 0.124 e. The Morgan fingerprint density at radius 3 is 3.00 bits per heavy atom. The molecule has 0 aliphatic carbocycles. The molecule has 0 amide bonds. The van der Waals surface area contributed by atoms with Crippen LogP contribution in [-0.4, -0.2) is 11.8 Å². The predicted octanol–water partition coefficient (Wildman–Crippen LogP) is 3.59. The van der Waals surface area contributed by atoms with E-state index in [9.17, 15) is 4.39 Å². The fourth-order valence-electron chi connectivity index (χ4n) is 1.66. The highest BCUT2D eigenvalue weighted by Crippen LogP contribution is 2.37. The zero-order chi connectivity index (χ0) is 10.8. The van der Waals surface area contributed by atoms with Crippen LogP contribution in [0.1, 0.15) is 24.3 Å². The second-order valence-corrected chi connectivity index (χ2v) is 5.69. The van der Waals surface area contributed by atoms with Gasteiger partial charge in [0.1, 0.15) is 5.82 Å². The van der Waals surface area contributed by atoms with Gasteiger partial charge in [0, 0.05) is 10.3 Å². The molecule has 2 unspecified atom stereocenters. The van der Waals surface area contributed by atoms with Crippen molar-refractivity contribution in [3.05, 3.63) is 34.6 Å². The molecule has 1 nitrogen and oxygen atoms in total. The lowest BCUT2D eigenvalue weighted by Gasteiger charge is -2.28. The summed E-state index contributed by atoms with van der Waals surface area (Å²) in [6.45, 7) is 3.20. The maximum atomic E-state index is 12.9. The molecule has 4 heteroatoms. The van der Waals surface area contributed by atoms with Gasteiger partial charge in [-0.2, -0.15) is 0 Å². The van der Waals surface area contributed by atoms with Crippen LogP contribution < -0.4 is 5.32 Å². The smallest absolute Gasteiger partial charge is 0.124 e. The Morgan fingerprint density at radius 1 is 1.53 bits per heavy atom. The van der Waals surface area contributed by atoms with Gasteiger partial charge in [0.2, 0.25) is 0 Å². The highest BCUT2D eigenvalue weighted by Gasteiger charge is 2.22. The van der Waals surface area contributed by atoms with Gasteiger partial charge in [-0.05, 0) is 30.7 Å². The number of hydrogen-bond acceptors (Lipinski definition) is 2. The van der Waals surface area contributed by atoms with Gasteiger partial charge in [-0.1, -0.05) is 24.6 Å². The van der Waals surface area contributed by atoms with Gasteiger partial charge in [-0.15, -0.1) is 11.8 Å². The minimum atomic E-state index is -0.280. The van der Waals surface area contributed by atoms with E-state index in [1.165, 1.54) is 18.6 Å². The lowest BCUT2D eigenvalue weighted by molar-refractivity contribution is 0.600. The molecule has 2 rings (SSSR count). The Balaban J connectivity index is 2.21. The average Bonchev–Trinajstić information content (AvgIpc) is 2.17. The summed E-state index contributed by atoms with van der Waals surface area (Å²) >= 11 is 7.86. The summed E-state index contributed by atoms with van der Waals surface area (Å²) in [6, 6.07) is 4.60. The van der Waals surface area contributed by atoms with E-state index in [2.05, 4.69) is 12.2 Å². The molecule has 15 heavy (non-hydrogen) atoms. The van der Waals surface area contributed by atoms with E-state index in [4.69, 9.17) is 11.6 Å². The summed E-state index contributed by atoms with van der Waals surface area (Å²) < 4.78 is 12.9. The van der Waals surface area contributed by atoms with Crippen molar-refractivity contribution in [1.29, 1.82) is 0 Å². The van der Waals surface area contributed by atoms with Crippen LogP contribution in [0.5, 0.6) is 0 Å². The number of thioether (sulfide) groups is 1. The van der Waals surface area contributed by atoms with Crippen molar-refractivity contribution in [3.8, 4) is 0 Å². The van der Waals surface area contributed by atoms with Crippen molar-refractivity contribution in [2.45, 2.75) is 24.0 Å². The van der Waals surface area contributed by atoms with Crippen LogP contribution in [0.15, 0.2) is 18.2 Å². The van der Waals surface area contributed by atoms with Gasteiger partial charge in [-0.25, -0.2) is 4.39 Å². The van der Waals surface area contributed by atoms with Gasteiger partial charge < -0.3 is 5.32 Å². The first-order valence-corrected chi connectivity index (χ1v) is 6.32. The molecule has 1 aliphatic rings. The normalized spacial score (nSPS) is 26.6. The number of halogens is 2. The van der Waals surface area contributed by atoms with Crippen LogP contribution >= 0.6 is 23.4 Å². The second-order valence-electron chi connectivity index (χ2n) is 3.74. The van der Waals surface area contributed by atoms with Crippen molar-refractivity contribution < 1.29 is 4.39 Å². The standard InChI is InChI=1S/C11H13ClFNS/c1-7-4-5-14-11(15-7)9-3-2-8(13)6-10(9)12/h2-3,6-7,11,14H,4-5H2,1H3. The molecule has 1 aliphatic heterocycles. The molecule has 82 valence electrons. The van der Waals surface area contributed by atoms with Crippen LogP contribution in [-0.2, 0) is 0 Å². The summed E-state index contributed by atoms with van der Waals surface area (Å²) in [5.74, 6) is -0.280. The number of benzene rings is 1. The molecule has 1 aromatic carbocycles. The molecule has 0 bridgehead atoms. The molecule has 0 saturated carbocycles. The Hall–Kier alpha value is -0.250. The van der Waals surface area contributed by atoms with Crippen LogP contribution in [0, 0.1) is 5.82 Å². The summed E-state index contributed by atoms with van der Waals surface area (Å²) in [4.78, 5) is 0. The van der Waals surface area contributed by atoms with Crippen molar-refractivity contribution in [3.63, 3.8) is 0 Å². The lowest BCUT2D eigenvalue weighted by Crippen LogP contribution is -2.29. The molecule has 1 aromatic rings. The van der Waals surface area contributed by atoms with E-state index in [0.717, 1.165) is 12.1 Å². The Labute approximate surface area is 98.4 Å². The third-order valence-electron chi connectivity index (χ3n) is 2.49. The van der Waals surface area contributed by atoms with E-state index in [1.54, 1.807) is 6.07 Å². The van der Waals surface area contributed by atoms with E-state index in [0.29, 0.717) is 10.3 Å². The molecule has 2 atom stereocenters. The number of rotatable bonds is 1. The zero-order valence-electron chi connectivity index (χ0n) is 8.47. The largest absolute Gasteiger partial charge is 0.302 e. The molecule has 1 saturated heterocycles. The van der Waals surface area contributed by atoms with Crippen molar-refractivity contribution in [2.75, 3.05) is 6.54 Å². The van der Waals surface area contributed by atoms with Gasteiger partial charge in [-0.3, -0.25) is 0 Å². The molecule has 0 aromatic heterocycles. The summed E-state index contributed by atoms with van der Waals surface area (Å²) in [5, 5.41) is 4.71. The lowest BCUT2D eigenvalue weighted by atomic mass is 10.2. The van der Waals surface area contributed by atoms with E-state index in [-0.39, 0.29) is 11.2 Å². The van der Waals surface area contributed by atoms with Crippen LogP contribution in [0.25, 0.3) is 0 Å².